The Morgan fingerprint density at radius 3 is 2.62 bits per heavy atom. The quantitative estimate of drug-likeness (QED) is 0.614. The third-order valence-corrected chi connectivity index (χ3v) is 4.46. The van der Waals surface area contributed by atoms with Crippen LogP contribution in [0.1, 0.15) is 6.42 Å². The molecule has 1 amide bonds. The van der Waals surface area contributed by atoms with Gasteiger partial charge >= 0.3 is 0 Å². The summed E-state index contributed by atoms with van der Waals surface area (Å²) < 4.78 is 27.8. The number of ether oxygens (including phenoxy) is 1. The minimum atomic E-state index is -3.90. The van der Waals surface area contributed by atoms with E-state index in [4.69, 9.17) is 9.88 Å². The monoisotopic (exact) mass is 315 g/mol. The van der Waals surface area contributed by atoms with E-state index < -0.39 is 26.1 Å². The molecule has 21 heavy (non-hydrogen) atoms. The van der Waals surface area contributed by atoms with Crippen LogP contribution in [0, 0.1) is 10.1 Å². The van der Waals surface area contributed by atoms with Crippen LogP contribution in [-0.4, -0.2) is 38.2 Å². The van der Waals surface area contributed by atoms with Gasteiger partial charge in [0.15, 0.2) is 5.69 Å². The van der Waals surface area contributed by atoms with Crippen molar-refractivity contribution in [2.75, 3.05) is 18.6 Å². The molecule has 1 atom stereocenters. The Morgan fingerprint density at radius 1 is 1.48 bits per heavy atom. The largest absolute Gasteiger partial charge is 0.494 e. The first-order valence-electron chi connectivity index (χ1n) is 5.89. The van der Waals surface area contributed by atoms with E-state index in [1.54, 1.807) is 0 Å². The van der Waals surface area contributed by atoms with Gasteiger partial charge in [-0.3, -0.25) is 14.9 Å². The van der Waals surface area contributed by atoms with E-state index in [0.717, 1.165) is 4.90 Å². The van der Waals surface area contributed by atoms with Crippen LogP contribution >= 0.6 is 0 Å². The fourth-order valence-corrected chi connectivity index (χ4v) is 2.94. The first-order valence-corrected chi connectivity index (χ1v) is 7.50. The van der Waals surface area contributed by atoms with Gasteiger partial charge in [0.1, 0.15) is 11.0 Å². The highest BCUT2D eigenvalue weighted by molar-refractivity contribution is 7.89. The lowest BCUT2D eigenvalue weighted by atomic mass is 10.2. The maximum atomic E-state index is 12.0. The lowest BCUT2D eigenvalue weighted by Crippen LogP contribution is -2.32. The van der Waals surface area contributed by atoms with E-state index >= 15 is 0 Å². The van der Waals surface area contributed by atoms with E-state index in [2.05, 4.69) is 0 Å². The number of nitro groups is 1. The standard InChI is InChI=1S/C11H13N3O6S/c1-20-9-4-2-3-8(14(16)17)11(9)13-6-7(5-10(13)15)21(12,18)19/h2-4,7H,5-6H2,1H3,(H2,12,18,19). The van der Waals surface area contributed by atoms with Gasteiger partial charge in [0, 0.05) is 19.0 Å². The molecular formula is C11H13N3O6S. The number of rotatable bonds is 4. The van der Waals surface area contributed by atoms with Crippen LogP contribution in [-0.2, 0) is 14.8 Å². The number of primary sulfonamides is 1. The molecule has 1 fully saturated rings. The number of para-hydroxylation sites is 1. The Labute approximate surface area is 120 Å². The summed E-state index contributed by atoms with van der Waals surface area (Å²) >= 11 is 0. The molecule has 1 heterocycles. The first-order chi connectivity index (χ1) is 9.75. The van der Waals surface area contributed by atoms with Crippen LogP contribution in [0.5, 0.6) is 5.75 Å². The van der Waals surface area contributed by atoms with Crippen LogP contribution < -0.4 is 14.8 Å². The fourth-order valence-electron chi connectivity index (χ4n) is 2.21. The molecule has 1 saturated heterocycles. The summed E-state index contributed by atoms with van der Waals surface area (Å²) in [6.45, 7) is -0.237. The van der Waals surface area contributed by atoms with Gasteiger partial charge < -0.3 is 9.64 Å². The second-order valence-electron chi connectivity index (χ2n) is 4.50. The second-order valence-corrected chi connectivity index (χ2v) is 6.35. The summed E-state index contributed by atoms with van der Waals surface area (Å²) in [6.07, 6.45) is -0.311. The number of sulfonamides is 1. The minimum Gasteiger partial charge on any atom is -0.494 e. The number of hydrogen-bond acceptors (Lipinski definition) is 6. The third kappa shape index (κ3) is 2.81. The Balaban J connectivity index is 2.52. The maximum absolute atomic E-state index is 12.0. The summed E-state index contributed by atoms with van der Waals surface area (Å²) in [7, 11) is -2.60. The molecule has 1 aromatic rings. The van der Waals surface area contributed by atoms with Crippen LogP contribution in [0.15, 0.2) is 18.2 Å². The molecule has 1 aliphatic heterocycles. The Bertz CT molecular complexity index is 702. The summed E-state index contributed by atoms with van der Waals surface area (Å²) in [4.78, 5) is 23.5. The molecule has 1 unspecified atom stereocenters. The number of nitro benzene ring substituents is 1. The molecule has 2 rings (SSSR count). The SMILES string of the molecule is COc1cccc([N+](=O)[O-])c1N1CC(S(N)(=O)=O)CC1=O. The van der Waals surface area contributed by atoms with Gasteiger partial charge in [0.25, 0.3) is 5.69 Å². The number of hydrogen-bond donors (Lipinski definition) is 1. The van der Waals surface area contributed by atoms with Crippen molar-refractivity contribution in [1.82, 2.24) is 0 Å². The van der Waals surface area contributed by atoms with Gasteiger partial charge in [0.2, 0.25) is 15.9 Å². The highest BCUT2D eigenvalue weighted by Gasteiger charge is 2.40. The molecule has 1 aliphatic rings. The van der Waals surface area contributed by atoms with Crippen molar-refractivity contribution in [3.63, 3.8) is 0 Å². The topological polar surface area (TPSA) is 133 Å². The molecule has 0 aromatic heterocycles. The smallest absolute Gasteiger partial charge is 0.296 e. The summed E-state index contributed by atoms with van der Waals surface area (Å²) in [6, 6.07) is 4.09. The fraction of sp³-hybridized carbons (Fsp3) is 0.364. The van der Waals surface area contributed by atoms with E-state index in [1.807, 2.05) is 0 Å². The summed E-state index contributed by atoms with van der Waals surface area (Å²) in [5, 5.41) is 15.1. The number of nitrogens with two attached hydrogens (primary N) is 1. The average Bonchev–Trinajstić information content (AvgIpc) is 2.79. The maximum Gasteiger partial charge on any atom is 0.296 e. The molecule has 10 heteroatoms. The zero-order valence-corrected chi connectivity index (χ0v) is 11.9. The highest BCUT2D eigenvalue weighted by atomic mass is 32.2. The van der Waals surface area contributed by atoms with E-state index in [-0.39, 0.29) is 30.1 Å². The molecule has 0 bridgehead atoms. The Kier molecular flexibility index (Phi) is 3.83. The van der Waals surface area contributed by atoms with Gasteiger partial charge in [-0.05, 0) is 6.07 Å². The molecule has 0 saturated carbocycles. The normalized spacial score (nSPS) is 18.9. The van der Waals surface area contributed by atoms with Crippen molar-refractivity contribution >= 4 is 27.3 Å². The first kappa shape index (κ1) is 15.2. The van der Waals surface area contributed by atoms with Crippen molar-refractivity contribution in [3.05, 3.63) is 28.3 Å². The molecule has 0 radical (unpaired) electrons. The van der Waals surface area contributed by atoms with Crippen LogP contribution in [0.25, 0.3) is 0 Å². The highest BCUT2D eigenvalue weighted by Crippen LogP contribution is 2.39. The van der Waals surface area contributed by atoms with E-state index in [1.165, 1.54) is 25.3 Å². The van der Waals surface area contributed by atoms with Crippen LogP contribution in [0.3, 0.4) is 0 Å². The van der Waals surface area contributed by atoms with Gasteiger partial charge in [-0.1, -0.05) is 6.07 Å². The van der Waals surface area contributed by atoms with Gasteiger partial charge in [-0.25, -0.2) is 13.6 Å². The second kappa shape index (κ2) is 5.30. The van der Waals surface area contributed by atoms with E-state index in [0.29, 0.717) is 0 Å². The predicted octanol–water partition coefficient (Wildman–Crippen LogP) is -0.00280. The number of methoxy groups -OCH3 is 1. The van der Waals surface area contributed by atoms with Crippen molar-refractivity contribution in [1.29, 1.82) is 0 Å². The zero-order valence-electron chi connectivity index (χ0n) is 11.1. The van der Waals surface area contributed by atoms with Crippen molar-refractivity contribution in [2.45, 2.75) is 11.7 Å². The summed E-state index contributed by atoms with van der Waals surface area (Å²) in [5.41, 5.74) is -0.390. The number of anilines is 1. The molecule has 0 spiro atoms. The number of carbonyl (C=O) groups is 1. The van der Waals surface area contributed by atoms with Crippen molar-refractivity contribution < 1.29 is 22.9 Å². The Morgan fingerprint density at radius 2 is 2.14 bits per heavy atom. The minimum absolute atomic E-state index is 0.0545. The van der Waals surface area contributed by atoms with E-state index in [9.17, 15) is 23.3 Å². The third-order valence-electron chi connectivity index (χ3n) is 3.22. The van der Waals surface area contributed by atoms with Crippen molar-refractivity contribution in [3.8, 4) is 5.75 Å². The number of amides is 1. The number of nitrogens with zero attached hydrogens (tertiary/aromatic N) is 2. The lowest BCUT2D eigenvalue weighted by Gasteiger charge is -2.19. The number of benzene rings is 1. The van der Waals surface area contributed by atoms with Crippen LogP contribution in [0.4, 0.5) is 11.4 Å². The van der Waals surface area contributed by atoms with Gasteiger partial charge in [-0.2, -0.15) is 0 Å². The predicted molar refractivity (Wildman–Crippen MR) is 73.5 cm³/mol. The van der Waals surface area contributed by atoms with Crippen LogP contribution in [0.2, 0.25) is 0 Å². The molecule has 1 aromatic carbocycles. The lowest BCUT2D eigenvalue weighted by molar-refractivity contribution is -0.384. The molecular weight excluding hydrogens is 302 g/mol. The number of carbonyl (C=O) groups excluding carboxylic acids is 1. The Hall–Kier alpha value is -2.20. The molecule has 2 N–H and O–H groups in total. The summed E-state index contributed by atoms with van der Waals surface area (Å²) in [5.74, 6) is -0.436. The van der Waals surface area contributed by atoms with Crippen molar-refractivity contribution in [2.24, 2.45) is 5.14 Å². The molecule has 9 nitrogen and oxygen atoms in total. The van der Waals surface area contributed by atoms with Gasteiger partial charge in [-0.15, -0.1) is 0 Å². The molecule has 114 valence electrons. The molecule has 0 aliphatic carbocycles. The average molecular weight is 315 g/mol. The van der Waals surface area contributed by atoms with Gasteiger partial charge in [0.05, 0.1) is 12.0 Å². The zero-order chi connectivity index (χ0) is 15.8.